The second-order valence-electron chi connectivity index (χ2n) is 9.33. The number of hydrogen-bond acceptors (Lipinski definition) is 5. The van der Waals surface area contributed by atoms with E-state index in [1.54, 1.807) is 54.6 Å². The summed E-state index contributed by atoms with van der Waals surface area (Å²) in [6.45, 7) is 2.67. The second kappa shape index (κ2) is 12.3. The van der Waals surface area contributed by atoms with Gasteiger partial charge in [-0.25, -0.2) is 9.69 Å². The van der Waals surface area contributed by atoms with Crippen molar-refractivity contribution in [3.63, 3.8) is 0 Å². The van der Waals surface area contributed by atoms with E-state index in [0.29, 0.717) is 33.7 Å². The average Bonchev–Trinajstić information content (AvgIpc) is 2.96. The van der Waals surface area contributed by atoms with E-state index in [2.05, 4.69) is 5.32 Å². The number of benzene rings is 4. The zero-order valence-corrected chi connectivity index (χ0v) is 23.4. The van der Waals surface area contributed by atoms with Gasteiger partial charge in [-0.05, 0) is 78.2 Å². The summed E-state index contributed by atoms with van der Waals surface area (Å²) in [7, 11) is 0. The van der Waals surface area contributed by atoms with Gasteiger partial charge >= 0.3 is 6.03 Å². The van der Waals surface area contributed by atoms with Crippen LogP contribution in [0.5, 0.6) is 11.5 Å². The number of ether oxygens (including phenoxy) is 2. The Hall–Kier alpha value is -4.59. The number of rotatable bonds is 8. The number of halogens is 2. The van der Waals surface area contributed by atoms with Gasteiger partial charge in [0.05, 0.1) is 10.7 Å². The topological polar surface area (TPSA) is 84.9 Å². The molecule has 1 saturated heterocycles. The first kappa shape index (κ1) is 28.0. The number of anilines is 1. The van der Waals surface area contributed by atoms with Crippen LogP contribution in [0.3, 0.4) is 0 Å². The number of urea groups is 1. The quantitative estimate of drug-likeness (QED) is 0.175. The molecule has 0 aromatic heterocycles. The molecule has 0 bridgehead atoms. The Kier molecular flexibility index (Phi) is 8.38. The summed E-state index contributed by atoms with van der Waals surface area (Å²) < 4.78 is 11.6. The molecule has 9 heteroatoms. The third-order valence-corrected chi connectivity index (χ3v) is 6.84. The predicted octanol–water partition coefficient (Wildman–Crippen LogP) is 7.13. The molecule has 4 aromatic carbocycles. The van der Waals surface area contributed by atoms with Crippen LogP contribution < -0.4 is 19.7 Å². The van der Waals surface area contributed by atoms with E-state index < -0.39 is 17.8 Å². The van der Waals surface area contributed by atoms with Crippen LogP contribution in [0.4, 0.5) is 10.5 Å². The van der Waals surface area contributed by atoms with E-state index in [4.69, 9.17) is 32.7 Å². The van der Waals surface area contributed by atoms with E-state index in [0.717, 1.165) is 21.6 Å². The summed E-state index contributed by atoms with van der Waals surface area (Å²) in [5, 5.41) is 3.15. The first-order chi connectivity index (χ1) is 19.8. The summed E-state index contributed by atoms with van der Waals surface area (Å²) in [5.74, 6) is -0.552. The van der Waals surface area contributed by atoms with Gasteiger partial charge in [-0.15, -0.1) is 0 Å². The minimum Gasteiger partial charge on any atom is -0.489 e. The highest BCUT2D eigenvalue weighted by Crippen LogP contribution is 2.29. The van der Waals surface area contributed by atoms with Gasteiger partial charge in [0, 0.05) is 5.02 Å². The van der Waals surface area contributed by atoms with Crippen molar-refractivity contribution >= 4 is 52.8 Å². The zero-order valence-electron chi connectivity index (χ0n) is 21.9. The van der Waals surface area contributed by atoms with Crippen LogP contribution in [0.25, 0.3) is 6.08 Å². The van der Waals surface area contributed by atoms with Gasteiger partial charge in [0.15, 0.2) is 0 Å². The Morgan fingerprint density at radius 3 is 2.07 bits per heavy atom. The van der Waals surface area contributed by atoms with Crippen molar-refractivity contribution in [2.24, 2.45) is 0 Å². The van der Waals surface area contributed by atoms with E-state index >= 15 is 0 Å². The Morgan fingerprint density at radius 1 is 0.780 bits per heavy atom. The number of nitrogens with zero attached hydrogens (tertiary/aromatic N) is 1. The largest absolute Gasteiger partial charge is 0.489 e. The van der Waals surface area contributed by atoms with Crippen LogP contribution in [0.15, 0.2) is 96.6 Å². The van der Waals surface area contributed by atoms with E-state index in [-0.39, 0.29) is 17.9 Å². The molecule has 0 saturated carbocycles. The smallest absolute Gasteiger partial charge is 0.335 e. The molecule has 7 nitrogen and oxygen atoms in total. The molecule has 4 aromatic rings. The molecule has 1 aliphatic rings. The van der Waals surface area contributed by atoms with Crippen molar-refractivity contribution in [2.45, 2.75) is 20.1 Å². The number of imide groups is 2. The molecule has 5 rings (SSSR count). The first-order valence-corrected chi connectivity index (χ1v) is 13.4. The Labute approximate surface area is 246 Å². The van der Waals surface area contributed by atoms with Gasteiger partial charge in [0.1, 0.15) is 30.3 Å². The number of barbiturate groups is 1. The fourth-order valence-electron chi connectivity index (χ4n) is 4.07. The van der Waals surface area contributed by atoms with E-state index in [9.17, 15) is 14.4 Å². The molecular weight excluding hydrogens is 563 g/mol. The van der Waals surface area contributed by atoms with Gasteiger partial charge in [-0.1, -0.05) is 71.2 Å². The van der Waals surface area contributed by atoms with Crippen molar-refractivity contribution in [3.05, 3.63) is 129 Å². The molecule has 1 fully saturated rings. The van der Waals surface area contributed by atoms with E-state index in [1.165, 1.54) is 6.08 Å². The number of nitrogens with one attached hydrogen (secondary N) is 1. The minimum atomic E-state index is -0.838. The summed E-state index contributed by atoms with van der Waals surface area (Å²) in [4.78, 5) is 39.4. The Bertz CT molecular complexity index is 1630. The average molecular weight is 587 g/mol. The van der Waals surface area contributed by atoms with Gasteiger partial charge in [-0.2, -0.15) is 0 Å². The van der Waals surface area contributed by atoms with Gasteiger partial charge in [0.25, 0.3) is 11.8 Å². The first-order valence-electron chi connectivity index (χ1n) is 12.6. The third-order valence-electron chi connectivity index (χ3n) is 6.30. The van der Waals surface area contributed by atoms with Crippen molar-refractivity contribution in [1.29, 1.82) is 0 Å². The van der Waals surface area contributed by atoms with Crippen LogP contribution in [0, 0.1) is 6.92 Å². The third kappa shape index (κ3) is 6.77. The Balaban J connectivity index is 1.28. The summed E-state index contributed by atoms with van der Waals surface area (Å²) in [5.41, 5.74) is 3.65. The molecule has 1 aliphatic heterocycles. The lowest BCUT2D eigenvalue weighted by Crippen LogP contribution is -2.54. The number of aryl methyl sites for hydroxylation is 1. The Morgan fingerprint density at radius 2 is 1.41 bits per heavy atom. The summed E-state index contributed by atoms with van der Waals surface area (Å²) in [6, 6.07) is 25.8. The maximum Gasteiger partial charge on any atom is 0.335 e. The SMILES string of the molecule is Cc1ccc(COc2ccc(N3C(=O)NC(=O)/C(=C\c4ccc(OCc5ccc(Cl)cc5)c(Cl)c4)C3=O)cc2)cc1. The molecule has 0 unspecified atom stereocenters. The molecule has 0 radical (unpaired) electrons. The van der Waals surface area contributed by atoms with Gasteiger partial charge < -0.3 is 9.47 Å². The molecule has 41 heavy (non-hydrogen) atoms. The molecule has 1 heterocycles. The molecule has 0 aliphatic carbocycles. The van der Waals surface area contributed by atoms with Crippen LogP contribution >= 0.6 is 23.2 Å². The lowest BCUT2D eigenvalue weighted by atomic mass is 10.1. The fourth-order valence-corrected chi connectivity index (χ4v) is 4.44. The maximum atomic E-state index is 13.3. The molecule has 0 spiro atoms. The fraction of sp³-hybridized carbons (Fsp3) is 0.0938. The van der Waals surface area contributed by atoms with Crippen LogP contribution in [-0.4, -0.2) is 17.8 Å². The van der Waals surface area contributed by atoms with Crippen LogP contribution in [0.1, 0.15) is 22.3 Å². The van der Waals surface area contributed by atoms with Crippen LogP contribution in [0.2, 0.25) is 10.0 Å². The standard InChI is InChI=1S/C32H24Cl2N2O5/c1-20-2-4-21(5-3-20)18-40-26-13-11-25(12-14-26)36-31(38)27(30(37)35-32(36)39)16-23-8-15-29(28(34)17-23)41-19-22-6-9-24(33)10-7-22/h2-17H,18-19H2,1H3,(H,35,37,39)/b27-16+. The maximum absolute atomic E-state index is 13.3. The molecule has 1 N–H and O–H groups in total. The van der Waals surface area contributed by atoms with E-state index in [1.807, 2.05) is 43.3 Å². The predicted molar refractivity (Wildman–Crippen MR) is 158 cm³/mol. The summed E-state index contributed by atoms with van der Waals surface area (Å²) in [6.07, 6.45) is 1.38. The monoisotopic (exact) mass is 586 g/mol. The van der Waals surface area contributed by atoms with Crippen LogP contribution in [-0.2, 0) is 22.8 Å². The highest BCUT2D eigenvalue weighted by atomic mass is 35.5. The lowest BCUT2D eigenvalue weighted by molar-refractivity contribution is -0.122. The highest BCUT2D eigenvalue weighted by molar-refractivity contribution is 6.39. The van der Waals surface area contributed by atoms with Crippen molar-refractivity contribution in [3.8, 4) is 11.5 Å². The lowest BCUT2D eigenvalue weighted by Gasteiger charge is -2.26. The number of amides is 4. The van der Waals surface area contributed by atoms with Gasteiger partial charge in [-0.3, -0.25) is 14.9 Å². The summed E-state index contributed by atoms with van der Waals surface area (Å²) >= 11 is 12.3. The minimum absolute atomic E-state index is 0.213. The normalized spacial score (nSPS) is 14.3. The number of hydrogen-bond donors (Lipinski definition) is 1. The zero-order chi connectivity index (χ0) is 28.9. The second-order valence-corrected chi connectivity index (χ2v) is 10.2. The van der Waals surface area contributed by atoms with Crippen molar-refractivity contribution < 1.29 is 23.9 Å². The molecule has 206 valence electrons. The molecule has 4 amide bonds. The molecule has 0 atom stereocenters. The van der Waals surface area contributed by atoms with Gasteiger partial charge in [0.2, 0.25) is 0 Å². The number of carbonyl (C=O) groups is 3. The van der Waals surface area contributed by atoms with Crippen molar-refractivity contribution in [2.75, 3.05) is 4.90 Å². The highest BCUT2D eigenvalue weighted by Gasteiger charge is 2.36. The number of carbonyl (C=O) groups excluding carboxylic acids is 3. The van der Waals surface area contributed by atoms with Crippen molar-refractivity contribution in [1.82, 2.24) is 5.32 Å². The molecular formula is C32H24Cl2N2O5.